The molecule has 0 saturated heterocycles. The molecule has 3 aromatic rings. The van der Waals surface area contributed by atoms with Crippen LogP contribution in [0.3, 0.4) is 0 Å². The van der Waals surface area contributed by atoms with Gasteiger partial charge < -0.3 is 20.4 Å². The van der Waals surface area contributed by atoms with Crippen molar-refractivity contribution >= 4 is 16.9 Å². The first-order chi connectivity index (χ1) is 13.2. The van der Waals surface area contributed by atoms with E-state index in [0.717, 1.165) is 30.6 Å². The molecule has 0 aliphatic heterocycles. The van der Waals surface area contributed by atoms with E-state index in [-0.39, 0.29) is 5.75 Å². The monoisotopic (exact) mass is 372 g/mol. The van der Waals surface area contributed by atoms with Crippen LogP contribution >= 0.6 is 0 Å². The largest absolute Gasteiger partial charge is 0.492 e. The third-order valence-electron chi connectivity index (χ3n) is 4.14. The number of hydrogen-bond donors (Lipinski definition) is 3. The highest BCUT2D eigenvalue weighted by atomic mass is 19.2. The smallest absolute Gasteiger partial charge is 0.191 e. The fourth-order valence-corrected chi connectivity index (χ4v) is 2.78. The second-order valence-corrected chi connectivity index (χ2v) is 5.96. The van der Waals surface area contributed by atoms with Gasteiger partial charge in [-0.05, 0) is 30.2 Å². The van der Waals surface area contributed by atoms with Crippen molar-refractivity contribution in [3.63, 3.8) is 0 Å². The summed E-state index contributed by atoms with van der Waals surface area (Å²) >= 11 is 0. The highest BCUT2D eigenvalue weighted by Gasteiger charge is 2.05. The molecular weight excluding hydrogens is 350 g/mol. The van der Waals surface area contributed by atoms with Crippen molar-refractivity contribution in [3.05, 3.63) is 65.9 Å². The van der Waals surface area contributed by atoms with E-state index in [0.29, 0.717) is 19.1 Å². The molecule has 1 heterocycles. The molecule has 1 aromatic heterocycles. The molecule has 0 atom stereocenters. The number of halogens is 2. The number of ether oxygens (including phenoxy) is 1. The summed E-state index contributed by atoms with van der Waals surface area (Å²) in [4.78, 5) is 7.43. The third-order valence-corrected chi connectivity index (χ3v) is 4.14. The van der Waals surface area contributed by atoms with Gasteiger partial charge in [0, 0.05) is 36.8 Å². The fourth-order valence-electron chi connectivity index (χ4n) is 2.78. The number of benzene rings is 2. The molecule has 0 spiro atoms. The Kier molecular flexibility index (Phi) is 6.25. The van der Waals surface area contributed by atoms with Crippen molar-refractivity contribution in [1.29, 1.82) is 0 Å². The van der Waals surface area contributed by atoms with Gasteiger partial charge in [0.1, 0.15) is 12.4 Å². The first-order valence-corrected chi connectivity index (χ1v) is 8.74. The highest BCUT2D eigenvalue weighted by Crippen LogP contribution is 2.17. The van der Waals surface area contributed by atoms with Crippen LogP contribution in [0, 0.1) is 11.6 Å². The van der Waals surface area contributed by atoms with E-state index in [1.165, 1.54) is 17.0 Å². The lowest BCUT2D eigenvalue weighted by atomic mass is 10.1. The lowest BCUT2D eigenvalue weighted by molar-refractivity contribution is 0.318. The number of aliphatic imine (C=N–C) groups is 1. The summed E-state index contributed by atoms with van der Waals surface area (Å²) in [5.74, 6) is -0.864. The van der Waals surface area contributed by atoms with E-state index in [4.69, 9.17) is 4.74 Å². The van der Waals surface area contributed by atoms with Gasteiger partial charge in [0.15, 0.2) is 17.6 Å². The van der Waals surface area contributed by atoms with Crippen LogP contribution in [0.15, 0.2) is 53.7 Å². The molecule has 0 radical (unpaired) electrons. The van der Waals surface area contributed by atoms with E-state index in [2.05, 4.69) is 32.7 Å². The minimum absolute atomic E-state index is 0.290. The molecule has 5 nitrogen and oxygen atoms in total. The molecule has 0 aliphatic carbocycles. The second kappa shape index (κ2) is 9.02. The van der Waals surface area contributed by atoms with Crippen LogP contribution in [0.5, 0.6) is 5.75 Å². The van der Waals surface area contributed by atoms with Gasteiger partial charge in [0.25, 0.3) is 0 Å². The van der Waals surface area contributed by atoms with Gasteiger partial charge in [-0.25, -0.2) is 8.78 Å². The zero-order valence-electron chi connectivity index (χ0n) is 15.1. The number of aromatic nitrogens is 1. The Balaban J connectivity index is 1.39. The van der Waals surface area contributed by atoms with Crippen LogP contribution < -0.4 is 15.4 Å². The Hall–Kier alpha value is -3.09. The van der Waals surface area contributed by atoms with Crippen molar-refractivity contribution in [3.8, 4) is 5.75 Å². The van der Waals surface area contributed by atoms with Crippen LogP contribution in [0.2, 0.25) is 0 Å². The second-order valence-electron chi connectivity index (χ2n) is 5.96. The quantitative estimate of drug-likeness (QED) is 0.339. The minimum Gasteiger partial charge on any atom is -0.492 e. The van der Waals surface area contributed by atoms with Crippen molar-refractivity contribution in [2.45, 2.75) is 6.42 Å². The van der Waals surface area contributed by atoms with E-state index in [9.17, 15) is 8.78 Å². The Morgan fingerprint density at radius 2 is 1.89 bits per heavy atom. The number of guanidine groups is 1. The van der Waals surface area contributed by atoms with Crippen LogP contribution in [0.1, 0.15) is 5.56 Å². The SMILES string of the molecule is CN=C(NCCOc1ccc(F)c(F)c1)NCCc1c[nH]c2ccccc12. The maximum Gasteiger partial charge on any atom is 0.191 e. The normalized spacial score (nSPS) is 11.6. The number of fused-ring (bicyclic) bond motifs is 1. The molecule has 0 unspecified atom stereocenters. The zero-order valence-corrected chi connectivity index (χ0v) is 15.1. The summed E-state index contributed by atoms with van der Waals surface area (Å²) in [6.45, 7) is 1.51. The summed E-state index contributed by atoms with van der Waals surface area (Å²) < 4.78 is 31.4. The molecule has 0 saturated carbocycles. The van der Waals surface area contributed by atoms with Gasteiger partial charge in [0.2, 0.25) is 0 Å². The molecule has 0 bridgehead atoms. The average molecular weight is 372 g/mol. The van der Waals surface area contributed by atoms with Gasteiger partial charge in [0.05, 0.1) is 6.54 Å². The number of para-hydroxylation sites is 1. The topological polar surface area (TPSA) is 61.4 Å². The molecule has 2 aromatic carbocycles. The predicted octanol–water partition coefficient (Wildman–Crippen LogP) is 3.23. The maximum absolute atomic E-state index is 13.1. The highest BCUT2D eigenvalue weighted by molar-refractivity contribution is 5.83. The molecular formula is C20H22F2N4O. The Morgan fingerprint density at radius 3 is 2.70 bits per heavy atom. The summed E-state index contributed by atoms with van der Waals surface area (Å²) in [6.07, 6.45) is 2.88. The summed E-state index contributed by atoms with van der Waals surface area (Å²) in [6, 6.07) is 11.7. The number of hydrogen-bond acceptors (Lipinski definition) is 2. The summed E-state index contributed by atoms with van der Waals surface area (Å²) in [5.41, 5.74) is 2.37. The van der Waals surface area contributed by atoms with Crippen LogP contribution in [-0.2, 0) is 6.42 Å². The Labute approximate surface area is 156 Å². The van der Waals surface area contributed by atoms with Gasteiger partial charge in [-0.2, -0.15) is 0 Å². The lowest BCUT2D eigenvalue weighted by Crippen LogP contribution is -2.40. The zero-order chi connectivity index (χ0) is 19.1. The lowest BCUT2D eigenvalue weighted by Gasteiger charge is -2.12. The van der Waals surface area contributed by atoms with E-state index in [1.807, 2.05) is 18.3 Å². The average Bonchev–Trinajstić information content (AvgIpc) is 3.09. The van der Waals surface area contributed by atoms with Crippen LogP contribution in [0.25, 0.3) is 10.9 Å². The predicted molar refractivity (Wildman–Crippen MR) is 103 cm³/mol. The molecule has 0 fully saturated rings. The van der Waals surface area contributed by atoms with E-state index >= 15 is 0 Å². The third kappa shape index (κ3) is 4.97. The maximum atomic E-state index is 13.1. The van der Waals surface area contributed by atoms with Gasteiger partial charge >= 0.3 is 0 Å². The standard InChI is InChI=1S/C20H22F2N4O/c1-23-20(25-10-11-27-15-6-7-17(21)18(22)12-15)24-9-8-14-13-26-19-5-3-2-4-16(14)19/h2-7,12-13,26H,8-11H2,1H3,(H2,23,24,25). The van der Waals surface area contributed by atoms with Crippen molar-refractivity contribution < 1.29 is 13.5 Å². The van der Waals surface area contributed by atoms with Crippen LogP contribution in [0.4, 0.5) is 8.78 Å². The Morgan fingerprint density at radius 1 is 1.07 bits per heavy atom. The number of rotatable bonds is 7. The molecule has 142 valence electrons. The van der Waals surface area contributed by atoms with Crippen molar-refractivity contribution in [1.82, 2.24) is 15.6 Å². The molecule has 27 heavy (non-hydrogen) atoms. The molecule has 7 heteroatoms. The van der Waals surface area contributed by atoms with E-state index in [1.54, 1.807) is 7.05 Å². The number of aromatic amines is 1. The first kappa shape index (κ1) is 18.7. The molecule has 0 aliphatic rings. The minimum atomic E-state index is -0.921. The van der Waals surface area contributed by atoms with Crippen molar-refractivity contribution in [2.75, 3.05) is 26.7 Å². The number of nitrogens with zero attached hydrogens (tertiary/aromatic N) is 1. The van der Waals surface area contributed by atoms with Gasteiger partial charge in [-0.1, -0.05) is 18.2 Å². The number of nitrogens with one attached hydrogen (secondary N) is 3. The van der Waals surface area contributed by atoms with Crippen molar-refractivity contribution in [2.24, 2.45) is 4.99 Å². The number of H-pyrrole nitrogens is 1. The van der Waals surface area contributed by atoms with Crippen LogP contribution in [-0.4, -0.2) is 37.7 Å². The Bertz CT molecular complexity index is 923. The molecule has 0 amide bonds. The molecule has 3 N–H and O–H groups in total. The van der Waals surface area contributed by atoms with E-state index < -0.39 is 11.6 Å². The van der Waals surface area contributed by atoms with Gasteiger partial charge in [-0.15, -0.1) is 0 Å². The first-order valence-electron chi connectivity index (χ1n) is 8.74. The summed E-state index contributed by atoms with van der Waals surface area (Å²) in [7, 11) is 1.69. The van der Waals surface area contributed by atoms with Gasteiger partial charge in [-0.3, -0.25) is 4.99 Å². The fraction of sp³-hybridized carbons (Fsp3) is 0.250. The molecule has 3 rings (SSSR count). The summed E-state index contributed by atoms with van der Waals surface area (Å²) in [5, 5.41) is 7.59.